The Bertz CT molecular complexity index is 635. The molecule has 112 valence electrons. The van der Waals surface area contributed by atoms with Gasteiger partial charge in [0.25, 0.3) is 0 Å². The number of benzene rings is 1. The zero-order valence-electron chi connectivity index (χ0n) is 11.8. The van der Waals surface area contributed by atoms with E-state index in [-0.39, 0.29) is 0 Å². The van der Waals surface area contributed by atoms with Crippen LogP contribution in [-0.4, -0.2) is 6.04 Å². The average molecular weight is 326 g/mol. The molecule has 1 aromatic carbocycles. The summed E-state index contributed by atoms with van der Waals surface area (Å²) < 4.78 is 11.4. The monoisotopic (exact) mass is 325 g/mol. The third-order valence-corrected chi connectivity index (χ3v) is 4.04. The van der Waals surface area contributed by atoms with E-state index in [1.165, 1.54) is 18.4 Å². The summed E-state index contributed by atoms with van der Waals surface area (Å²) in [5.74, 6) is 2.28. The van der Waals surface area contributed by atoms with Crippen molar-refractivity contribution in [3.05, 3.63) is 51.4 Å². The fourth-order valence-electron chi connectivity index (χ4n) is 2.11. The van der Waals surface area contributed by atoms with Gasteiger partial charge in [0, 0.05) is 29.2 Å². The van der Waals surface area contributed by atoms with Crippen LogP contribution < -0.4 is 10.1 Å². The van der Waals surface area contributed by atoms with Crippen molar-refractivity contribution >= 4 is 23.2 Å². The van der Waals surface area contributed by atoms with Crippen LogP contribution >= 0.6 is 23.2 Å². The van der Waals surface area contributed by atoms with Crippen LogP contribution in [0.25, 0.3) is 0 Å². The first-order valence-corrected chi connectivity index (χ1v) is 7.77. The zero-order valence-corrected chi connectivity index (χ0v) is 13.3. The molecule has 1 aliphatic carbocycles. The van der Waals surface area contributed by atoms with Crippen molar-refractivity contribution in [2.24, 2.45) is 0 Å². The fourth-order valence-corrected chi connectivity index (χ4v) is 2.45. The molecule has 0 bridgehead atoms. The van der Waals surface area contributed by atoms with Gasteiger partial charge in [-0.2, -0.15) is 0 Å². The van der Waals surface area contributed by atoms with Crippen LogP contribution in [0.4, 0.5) is 0 Å². The highest BCUT2D eigenvalue weighted by atomic mass is 35.5. The maximum atomic E-state index is 6.07. The van der Waals surface area contributed by atoms with Gasteiger partial charge in [-0.15, -0.1) is 0 Å². The largest absolute Gasteiger partial charge is 0.484 e. The minimum absolute atomic E-state index is 0.338. The number of hydrogen-bond donors (Lipinski definition) is 1. The smallest absolute Gasteiger partial charge is 0.146 e. The van der Waals surface area contributed by atoms with Crippen LogP contribution in [0.3, 0.4) is 0 Å². The standard InChI is InChI=1S/C16H17Cl2NO2/c1-10-11(8-19-13-3-4-13)6-14(21-10)9-20-16-7-12(17)2-5-15(16)18/h2,5-7,13,19H,3-4,8-9H2,1H3. The second-order valence-electron chi connectivity index (χ2n) is 5.31. The highest BCUT2D eigenvalue weighted by Crippen LogP contribution is 2.29. The molecule has 1 N–H and O–H groups in total. The van der Waals surface area contributed by atoms with Gasteiger partial charge in [0.15, 0.2) is 0 Å². The summed E-state index contributed by atoms with van der Waals surface area (Å²) >= 11 is 12.0. The van der Waals surface area contributed by atoms with Crippen molar-refractivity contribution in [3.8, 4) is 5.75 Å². The number of rotatable bonds is 6. The van der Waals surface area contributed by atoms with Crippen LogP contribution in [0.1, 0.15) is 29.9 Å². The summed E-state index contributed by atoms with van der Waals surface area (Å²) in [4.78, 5) is 0. The van der Waals surface area contributed by atoms with Crippen LogP contribution in [0.5, 0.6) is 5.75 Å². The van der Waals surface area contributed by atoms with E-state index in [4.69, 9.17) is 32.4 Å². The summed E-state index contributed by atoms with van der Waals surface area (Å²) in [5, 5.41) is 4.61. The molecule has 3 nitrogen and oxygen atoms in total. The molecule has 0 saturated heterocycles. The molecular weight excluding hydrogens is 309 g/mol. The summed E-state index contributed by atoms with van der Waals surface area (Å²) in [6.45, 7) is 3.15. The Kier molecular flexibility index (Phi) is 4.43. The predicted octanol–water partition coefficient (Wildman–Crippen LogP) is 4.73. The molecule has 0 atom stereocenters. The van der Waals surface area contributed by atoms with E-state index in [1.807, 2.05) is 13.0 Å². The highest BCUT2D eigenvalue weighted by molar-refractivity contribution is 6.34. The Balaban J connectivity index is 1.61. The Morgan fingerprint density at radius 3 is 2.86 bits per heavy atom. The van der Waals surface area contributed by atoms with Crippen LogP contribution in [0, 0.1) is 6.92 Å². The van der Waals surface area contributed by atoms with Crippen LogP contribution in [0.2, 0.25) is 10.0 Å². The lowest BCUT2D eigenvalue weighted by molar-refractivity contribution is 0.267. The quantitative estimate of drug-likeness (QED) is 0.834. The van der Waals surface area contributed by atoms with E-state index in [0.717, 1.165) is 18.1 Å². The molecule has 3 rings (SSSR count). The molecule has 21 heavy (non-hydrogen) atoms. The Labute approximate surface area is 134 Å². The van der Waals surface area contributed by atoms with Gasteiger partial charge >= 0.3 is 0 Å². The van der Waals surface area contributed by atoms with E-state index in [2.05, 4.69) is 5.32 Å². The van der Waals surface area contributed by atoms with Gasteiger partial charge in [-0.1, -0.05) is 23.2 Å². The van der Waals surface area contributed by atoms with Crippen molar-refractivity contribution < 1.29 is 9.15 Å². The molecule has 0 spiro atoms. The summed E-state index contributed by atoms with van der Waals surface area (Å²) in [6.07, 6.45) is 2.56. The third kappa shape index (κ3) is 3.94. The van der Waals surface area contributed by atoms with Gasteiger partial charge in [0.1, 0.15) is 23.9 Å². The normalized spacial score (nSPS) is 14.4. The lowest BCUT2D eigenvalue weighted by Crippen LogP contribution is -2.15. The SMILES string of the molecule is Cc1oc(COc2cc(Cl)ccc2Cl)cc1CNC1CC1. The Hall–Kier alpha value is -1.16. The third-order valence-electron chi connectivity index (χ3n) is 3.49. The van der Waals surface area contributed by atoms with E-state index in [0.29, 0.717) is 28.4 Å². The highest BCUT2D eigenvalue weighted by Gasteiger charge is 2.21. The molecule has 0 unspecified atom stereocenters. The van der Waals surface area contributed by atoms with Crippen molar-refractivity contribution in [1.29, 1.82) is 0 Å². The topological polar surface area (TPSA) is 34.4 Å². The molecule has 0 amide bonds. The van der Waals surface area contributed by atoms with Gasteiger partial charge in [-0.25, -0.2) is 0 Å². The van der Waals surface area contributed by atoms with Gasteiger partial charge in [0.2, 0.25) is 0 Å². The minimum Gasteiger partial charge on any atom is -0.484 e. The first kappa shape index (κ1) is 14.8. The lowest BCUT2D eigenvalue weighted by atomic mass is 10.2. The molecule has 1 saturated carbocycles. The van der Waals surface area contributed by atoms with Crippen molar-refractivity contribution in [2.45, 2.75) is 39.0 Å². The maximum Gasteiger partial charge on any atom is 0.146 e. The molecule has 0 radical (unpaired) electrons. The van der Waals surface area contributed by atoms with E-state index >= 15 is 0 Å². The zero-order chi connectivity index (χ0) is 14.8. The fraction of sp³-hybridized carbons (Fsp3) is 0.375. The molecule has 1 aromatic heterocycles. The first-order valence-electron chi connectivity index (χ1n) is 7.01. The number of aryl methyl sites for hydroxylation is 1. The van der Waals surface area contributed by atoms with Gasteiger partial charge in [0.05, 0.1) is 5.02 Å². The second kappa shape index (κ2) is 6.30. The van der Waals surface area contributed by atoms with Crippen molar-refractivity contribution in [3.63, 3.8) is 0 Å². The number of ether oxygens (including phenoxy) is 1. The predicted molar refractivity (Wildman–Crippen MR) is 84.1 cm³/mol. The summed E-state index contributed by atoms with van der Waals surface area (Å²) in [5.41, 5.74) is 1.18. The van der Waals surface area contributed by atoms with E-state index < -0.39 is 0 Å². The van der Waals surface area contributed by atoms with Crippen molar-refractivity contribution in [2.75, 3.05) is 0 Å². The van der Waals surface area contributed by atoms with Gasteiger partial charge < -0.3 is 14.5 Å². The Morgan fingerprint density at radius 2 is 2.10 bits per heavy atom. The lowest BCUT2D eigenvalue weighted by Gasteiger charge is -2.06. The maximum absolute atomic E-state index is 6.07. The van der Waals surface area contributed by atoms with E-state index in [1.54, 1.807) is 18.2 Å². The molecule has 0 aliphatic heterocycles. The molecule has 2 aromatic rings. The van der Waals surface area contributed by atoms with Gasteiger partial charge in [-0.3, -0.25) is 0 Å². The van der Waals surface area contributed by atoms with Crippen LogP contribution in [-0.2, 0) is 13.2 Å². The number of hydrogen-bond acceptors (Lipinski definition) is 3. The molecular formula is C16H17Cl2NO2. The molecule has 1 heterocycles. The molecule has 1 aliphatic rings. The summed E-state index contributed by atoms with van der Waals surface area (Å²) in [6, 6.07) is 7.87. The van der Waals surface area contributed by atoms with E-state index in [9.17, 15) is 0 Å². The van der Waals surface area contributed by atoms with Crippen LogP contribution in [0.15, 0.2) is 28.7 Å². The average Bonchev–Trinajstić information content (AvgIpc) is 3.21. The second-order valence-corrected chi connectivity index (χ2v) is 6.16. The first-order chi connectivity index (χ1) is 10.1. The van der Waals surface area contributed by atoms with Gasteiger partial charge in [-0.05, 0) is 38.0 Å². The Morgan fingerprint density at radius 1 is 1.29 bits per heavy atom. The minimum atomic E-state index is 0.338. The molecule has 5 heteroatoms. The number of furan rings is 1. The van der Waals surface area contributed by atoms with Crippen molar-refractivity contribution in [1.82, 2.24) is 5.32 Å². The number of nitrogens with one attached hydrogen (secondary N) is 1. The molecule has 1 fully saturated rings. The summed E-state index contributed by atoms with van der Waals surface area (Å²) in [7, 11) is 0. The number of halogens is 2.